The number of esters is 1. The van der Waals surface area contributed by atoms with Crippen LogP contribution in [0.4, 0.5) is 0 Å². The van der Waals surface area contributed by atoms with Crippen LogP contribution in [0.1, 0.15) is 24.5 Å². The first kappa shape index (κ1) is 18.2. The zero-order valence-corrected chi connectivity index (χ0v) is 14.5. The van der Waals surface area contributed by atoms with Gasteiger partial charge in [0.05, 0.1) is 0 Å². The Hall–Kier alpha value is -2.17. The monoisotopic (exact) mass is 327 g/mol. The molecule has 0 bridgehead atoms. The van der Waals surface area contributed by atoms with Crippen molar-refractivity contribution < 1.29 is 14.6 Å². The van der Waals surface area contributed by atoms with Gasteiger partial charge in [-0.3, -0.25) is 0 Å². The standard InChI is InChI=1S/C20H25NO3/c1-4-18(21(2)3)15-24-19(22)20(23,16-11-7-5-8-12-16)17-13-9-6-10-14-17/h5-14,18,23H,4,15H2,1-3H3/t18-/m1/s1. The van der Waals surface area contributed by atoms with Gasteiger partial charge in [-0.05, 0) is 31.6 Å². The van der Waals surface area contributed by atoms with E-state index in [9.17, 15) is 9.90 Å². The Morgan fingerprint density at radius 3 is 1.88 bits per heavy atom. The Bertz CT molecular complexity index is 601. The van der Waals surface area contributed by atoms with Gasteiger partial charge in [0.15, 0.2) is 0 Å². The van der Waals surface area contributed by atoms with E-state index in [-0.39, 0.29) is 12.6 Å². The van der Waals surface area contributed by atoms with Crippen molar-refractivity contribution >= 4 is 5.97 Å². The Morgan fingerprint density at radius 2 is 1.50 bits per heavy atom. The summed E-state index contributed by atoms with van der Waals surface area (Å²) in [5.41, 5.74) is -0.814. The molecule has 0 aliphatic heterocycles. The molecular formula is C20H25NO3. The third kappa shape index (κ3) is 3.83. The fourth-order valence-corrected chi connectivity index (χ4v) is 2.67. The summed E-state index contributed by atoms with van der Waals surface area (Å²) in [6.07, 6.45) is 0.857. The Morgan fingerprint density at radius 1 is 1.04 bits per heavy atom. The Labute approximate surface area is 143 Å². The van der Waals surface area contributed by atoms with E-state index in [1.54, 1.807) is 48.5 Å². The highest BCUT2D eigenvalue weighted by atomic mass is 16.6. The van der Waals surface area contributed by atoms with Crippen molar-refractivity contribution in [2.75, 3.05) is 20.7 Å². The summed E-state index contributed by atoms with van der Waals surface area (Å²) in [5, 5.41) is 11.3. The number of likely N-dealkylation sites (N-methyl/N-ethyl adjacent to an activating group) is 1. The first-order valence-electron chi connectivity index (χ1n) is 8.17. The Balaban J connectivity index is 2.32. The third-order valence-corrected chi connectivity index (χ3v) is 4.29. The summed E-state index contributed by atoms with van der Waals surface area (Å²) in [5.74, 6) is -0.653. The molecule has 24 heavy (non-hydrogen) atoms. The molecule has 1 N–H and O–H groups in total. The third-order valence-electron chi connectivity index (χ3n) is 4.29. The maximum atomic E-state index is 12.8. The molecule has 0 aliphatic rings. The number of hydrogen-bond donors (Lipinski definition) is 1. The molecule has 2 aromatic carbocycles. The van der Waals surface area contributed by atoms with Crippen molar-refractivity contribution in [1.29, 1.82) is 0 Å². The summed E-state index contributed by atoms with van der Waals surface area (Å²) in [6, 6.07) is 17.9. The van der Waals surface area contributed by atoms with Gasteiger partial charge in [-0.15, -0.1) is 0 Å². The molecule has 4 heteroatoms. The molecule has 0 saturated heterocycles. The number of carbonyl (C=O) groups is 1. The second kappa shape index (κ2) is 8.08. The second-order valence-corrected chi connectivity index (χ2v) is 6.07. The van der Waals surface area contributed by atoms with Crippen molar-refractivity contribution in [3.63, 3.8) is 0 Å². The minimum atomic E-state index is -1.81. The normalized spacial score (nSPS) is 12.9. The maximum absolute atomic E-state index is 12.8. The largest absolute Gasteiger partial charge is 0.461 e. The highest BCUT2D eigenvalue weighted by molar-refractivity contribution is 5.85. The molecule has 1 atom stereocenters. The molecule has 4 nitrogen and oxygen atoms in total. The lowest BCUT2D eigenvalue weighted by Crippen LogP contribution is -2.41. The number of ether oxygens (including phenoxy) is 1. The number of aliphatic hydroxyl groups is 1. The zero-order valence-electron chi connectivity index (χ0n) is 14.5. The SMILES string of the molecule is CC[C@H](COC(=O)C(O)(c1ccccc1)c1ccccc1)N(C)C. The van der Waals surface area contributed by atoms with Crippen molar-refractivity contribution in [3.05, 3.63) is 71.8 Å². The minimum absolute atomic E-state index is 0.116. The predicted molar refractivity (Wildman–Crippen MR) is 94.6 cm³/mol. The van der Waals surface area contributed by atoms with Crippen LogP contribution in [-0.4, -0.2) is 42.7 Å². The van der Waals surface area contributed by atoms with Gasteiger partial charge in [0, 0.05) is 6.04 Å². The summed E-state index contributed by atoms with van der Waals surface area (Å²) in [4.78, 5) is 14.8. The van der Waals surface area contributed by atoms with Crippen LogP contribution in [0.2, 0.25) is 0 Å². The van der Waals surface area contributed by atoms with Gasteiger partial charge in [0.1, 0.15) is 6.61 Å². The molecule has 0 heterocycles. The molecule has 0 amide bonds. The van der Waals surface area contributed by atoms with Gasteiger partial charge < -0.3 is 14.7 Å². The van der Waals surface area contributed by atoms with E-state index < -0.39 is 11.6 Å². The summed E-state index contributed by atoms with van der Waals surface area (Å²) >= 11 is 0. The highest BCUT2D eigenvalue weighted by Crippen LogP contribution is 2.31. The van der Waals surface area contributed by atoms with Gasteiger partial charge in [-0.2, -0.15) is 0 Å². The van der Waals surface area contributed by atoms with Crippen LogP contribution >= 0.6 is 0 Å². The van der Waals surface area contributed by atoms with Crippen LogP contribution in [0.15, 0.2) is 60.7 Å². The molecule has 0 aromatic heterocycles. The van der Waals surface area contributed by atoms with Crippen LogP contribution in [0.3, 0.4) is 0 Å². The van der Waals surface area contributed by atoms with Crippen molar-refractivity contribution in [2.24, 2.45) is 0 Å². The number of carbonyl (C=O) groups excluding carboxylic acids is 1. The lowest BCUT2D eigenvalue weighted by atomic mass is 9.86. The van der Waals surface area contributed by atoms with Crippen LogP contribution in [-0.2, 0) is 15.1 Å². The molecule has 0 radical (unpaired) electrons. The van der Waals surface area contributed by atoms with Crippen molar-refractivity contribution in [3.8, 4) is 0 Å². The Kier molecular flexibility index (Phi) is 6.12. The van der Waals surface area contributed by atoms with E-state index in [4.69, 9.17) is 4.74 Å². The average Bonchev–Trinajstić information content (AvgIpc) is 2.62. The van der Waals surface area contributed by atoms with Gasteiger partial charge in [0.2, 0.25) is 5.60 Å². The van der Waals surface area contributed by atoms with Gasteiger partial charge in [0.25, 0.3) is 0 Å². The molecule has 2 aromatic rings. The van der Waals surface area contributed by atoms with Crippen LogP contribution in [0, 0.1) is 0 Å². The first-order chi connectivity index (χ1) is 11.5. The van der Waals surface area contributed by atoms with E-state index in [1.807, 2.05) is 38.1 Å². The summed E-state index contributed by atoms with van der Waals surface area (Å²) in [6.45, 7) is 2.28. The van der Waals surface area contributed by atoms with Gasteiger partial charge >= 0.3 is 5.97 Å². The lowest BCUT2D eigenvalue weighted by molar-refractivity contribution is -0.163. The smallest absolute Gasteiger partial charge is 0.347 e. The average molecular weight is 327 g/mol. The van der Waals surface area contributed by atoms with Crippen LogP contribution < -0.4 is 0 Å². The highest BCUT2D eigenvalue weighted by Gasteiger charge is 2.41. The predicted octanol–water partition coefficient (Wildman–Crippen LogP) is 2.81. The number of benzene rings is 2. The number of hydrogen-bond acceptors (Lipinski definition) is 4. The minimum Gasteiger partial charge on any atom is -0.461 e. The van der Waals surface area contributed by atoms with Gasteiger partial charge in [-0.1, -0.05) is 67.6 Å². The van der Waals surface area contributed by atoms with E-state index in [0.717, 1.165) is 6.42 Å². The molecule has 0 unspecified atom stereocenters. The van der Waals surface area contributed by atoms with Crippen LogP contribution in [0.5, 0.6) is 0 Å². The number of rotatable bonds is 7. The summed E-state index contributed by atoms with van der Waals surface area (Å²) < 4.78 is 5.50. The molecule has 2 rings (SSSR count). The van der Waals surface area contributed by atoms with E-state index in [0.29, 0.717) is 11.1 Å². The molecule has 0 spiro atoms. The van der Waals surface area contributed by atoms with Crippen LogP contribution in [0.25, 0.3) is 0 Å². The van der Waals surface area contributed by atoms with E-state index in [1.165, 1.54) is 0 Å². The maximum Gasteiger partial charge on any atom is 0.347 e. The van der Waals surface area contributed by atoms with E-state index in [2.05, 4.69) is 0 Å². The molecular weight excluding hydrogens is 302 g/mol. The lowest BCUT2D eigenvalue weighted by Gasteiger charge is -2.29. The quantitative estimate of drug-likeness (QED) is 0.795. The fraction of sp³-hybridized carbons (Fsp3) is 0.350. The fourth-order valence-electron chi connectivity index (χ4n) is 2.67. The van der Waals surface area contributed by atoms with Crippen molar-refractivity contribution in [2.45, 2.75) is 25.0 Å². The molecule has 0 saturated carbocycles. The van der Waals surface area contributed by atoms with Crippen molar-refractivity contribution in [1.82, 2.24) is 4.90 Å². The number of nitrogens with zero attached hydrogens (tertiary/aromatic N) is 1. The second-order valence-electron chi connectivity index (χ2n) is 6.07. The molecule has 0 fully saturated rings. The van der Waals surface area contributed by atoms with Gasteiger partial charge in [-0.25, -0.2) is 4.79 Å². The molecule has 0 aliphatic carbocycles. The zero-order chi connectivity index (χ0) is 17.6. The van der Waals surface area contributed by atoms with E-state index >= 15 is 0 Å². The molecule has 128 valence electrons. The first-order valence-corrected chi connectivity index (χ1v) is 8.17. The topological polar surface area (TPSA) is 49.8 Å². The summed E-state index contributed by atoms with van der Waals surface area (Å²) in [7, 11) is 3.89.